The molecule has 0 atom stereocenters. The molecule has 0 aromatic heterocycles. The summed E-state index contributed by atoms with van der Waals surface area (Å²) in [7, 11) is 0. The summed E-state index contributed by atoms with van der Waals surface area (Å²) >= 11 is 0. The van der Waals surface area contributed by atoms with Crippen molar-refractivity contribution in [2.75, 3.05) is 19.6 Å². The highest BCUT2D eigenvalue weighted by Gasteiger charge is 2.33. The summed E-state index contributed by atoms with van der Waals surface area (Å²) in [5.74, 6) is 0. The van der Waals surface area contributed by atoms with Crippen molar-refractivity contribution >= 4 is 0 Å². The average molecular weight is 362 g/mol. The van der Waals surface area contributed by atoms with Crippen molar-refractivity contribution < 1.29 is 13.2 Å². The van der Waals surface area contributed by atoms with Crippen LogP contribution in [0.15, 0.2) is 54.6 Å². The van der Waals surface area contributed by atoms with Crippen LogP contribution >= 0.6 is 0 Å². The molecule has 3 rings (SSSR count). The van der Waals surface area contributed by atoms with Gasteiger partial charge in [-0.3, -0.25) is 4.90 Å². The van der Waals surface area contributed by atoms with Crippen molar-refractivity contribution in [2.24, 2.45) is 0 Å². The van der Waals surface area contributed by atoms with E-state index in [0.717, 1.165) is 38.9 Å². The third kappa shape index (κ3) is 5.08. The van der Waals surface area contributed by atoms with Gasteiger partial charge in [-0.2, -0.15) is 13.2 Å². The molecule has 0 amide bonds. The first-order chi connectivity index (χ1) is 12.5. The van der Waals surface area contributed by atoms with E-state index in [1.165, 1.54) is 17.7 Å². The lowest BCUT2D eigenvalue weighted by atomic mass is 10.0. The molecule has 2 nitrogen and oxygen atoms in total. The number of halogens is 3. The average Bonchev–Trinajstić information content (AvgIpc) is 2.66. The first-order valence-electron chi connectivity index (χ1n) is 9.18. The van der Waals surface area contributed by atoms with Gasteiger partial charge in [-0.15, -0.1) is 0 Å². The van der Waals surface area contributed by atoms with Crippen LogP contribution < -0.4 is 5.32 Å². The Kier molecular flexibility index (Phi) is 6.33. The molecule has 1 fully saturated rings. The predicted molar refractivity (Wildman–Crippen MR) is 97.9 cm³/mol. The van der Waals surface area contributed by atoms with Crippen molar-refractivity contribution in [3.63, 3.8) is 0 Å². The Labute approximate surface area is 153 Å². The SMILES string of the molecule is FC(F)(F)c1ccccc1CN(CCc1ccccc1)C1CCNCC1. The van der Waals surface area contributed by atoms with E-state index in [-0.39, 0.29) is 0 Å². The van der Waals surface area contributed by atoms with Crippen LogP contribution in [-0.4, -0.2) is 30.6 Å². The number of hydrogen-bond donors (Lipinski definition) is 1. The van der Waals surface area contributed by atoms with Gasteiger partial charge in [0.2, 0.25) is 0 Å². The number of piperidine rings is 1. The van der Waals surface area contributed by atoms with Crippen LogP contribution in [0, 0.1) is 0 Å². The highest BCUT2D eigenvalue weighted by atomic mass is 19.4. The standard InChI is InChI=1S/C21H25F3N2/c22-21(23,24)20-9-5-4-8-18(20)16-26(19-10-13-25-14-11-19)15-12-17-6-2-1-3-7-17/h1-9,19,25H,10-16H2. The number of benzene rings is 2. The Bertz CT molecular complexity index is 679. The van der Waals surface area contributed by atoms with Crippen LogP contribution in [0.4, 0.5) is 13.2 Å². The van der Waals surface area contributed by atoms with Gasteiger partial charge in [-0.25, -0.2) is 0 Å². The molecule has 1 aliphatic heterocycles. The summed E-state index contributed by atoms with van der Waals surface area (Å²) in [5, 5.41) is 3.34. The smallest absolute Gasteiger partial charge is 0.317 e. The van der Waals surface area contributed by atoms with Crippen LogP contribution in [0.3, 0.4) is 0 Å². The molecule has 1 heterocycles. The zero-order chi connectivity index (χ0) is 18.4. The Balaban J connectivity index is 1.77. The minimum Gasteiger partial charge on any atom is -0.317 e. The predicted octanol–water partition coefficient (Wildman–Crippen LogP) is 4.50. The van der Waals surface area contributed by atoms with Gasteiger partial charge in [0, 0.05) is 19.1 Å². The summed E-state index contributed by atoms with van der Waals surface area (Å²) in [6.45, 7) is 2.95. The zero-order valence-corrected chi connectivity index (χ0v) is 14.8. The summed E-state index contributed by atoms with van der Waals surface area (Å²) in [6.07, 6.45) is -1.51. The number of nitrogens with one attached hydrogen (secondary N) is 1. The maximum absolute atomic E-state index is 13.4. The lowest BCUT2D eigenvalue weighted by Gasteiger charge is -2.35. The van der Waals surface area contributed by atoms with Gasteiger partial charge in [-0.1, -0.05) is 48.5 Å². The maximum Gasteiger partial charge on any atom is 0.416 e. The lowest BCUT2D eigenvalue weighted by Crippen LogP contribution is -2.43. The van der Waals surface area contributed by atoms with Gasteiger partial charge in [0.05, 0.1) is 5.56 Å². The Hall–Kier alpha value is -1.85. The van der Waals surface area contributed by atoms with Crippen LogP contribution in [0.1, 0.15) is 29.5 Å². The van der Waals surface area contributed by atoms with Crippen molar-refractivity contribution in [3.8, 4) is 0 Å². The summed E-state index contributed by atoms with van der Waals surface area (Å²) in [4.78, 5) is 2.23. The summed E-state index contributed by atoms with van der Waals surface area (Å²) < 4.78 is 40.1. The van der Waals surface area contributed by atoms with E-state index >= 15 is 0 Å². The van der Waals surface area contributed by atoms with E-state index in [4.69, 9.17) is 0 Å². The van der Waals surface area contributed by atoms with E-state index in [9.17, 15) is 13.2 Å². The molecule has 0 radical (unpaired) electrons. The molecule has 26 heavy (non-hydrogen) atoms. The van der Waals surface area contributed by atoms with Crippen molar-refractivity contribution in [1.82, 2.24) is 10.2 Å². The molecule has 2 aromatic rings. The van der Waals surface area contributed by atoms with Gasteiger partial charge in [0.1, 0.15) is 0 Å². The number of rotatable bonds is 6. The topological polar surface area (TPSA) is 15.3 Å². The number of nitrogens with zero attached hydrogens (tertiary/aromatic N) is 1. The molecule has 1 saturated heterocycles. The Morgan fingerprint density at radius 2 is 1.58 bits per heavy atom. The highest BCUT2D eigenvalue weighted by molar-refractivity contribution is 5.29. The van der Waals surface area contributed by atoms with Crippen molar-refractivity contribution in [1.29, 1.82) is 0 Å². The monoisotopic (exact) mass is 362 g/mol. The Morgan fingerprint density at radius 1 is 0.923 bits per heavy atom. The van der Waals surface area contributed by atoms with Crippen molar-refractivity contribution in [2.45, 2.75) is 38.0 Å². The minimum absolute atomic E-state index is 0.321. The molecular weight excluding hydrogens is 337 g/mol. The highest BCUT2D eigenvalue weighted by Crippen LogP contribution is 2.33. The van der Waals surface area contributed by atoms with Gasteiger partial charge in [0.15, 0.2) is 0 Å². The number of hydrogen-bond acceptors (Lipinski definition) is 2. The minimum atomic E-state index is -4.31. The van der Waals surface area contributed by atoms with Gasteiger partial charge < -0.3 is 5.32 Å². The van der Waals surface area contributed by atoms with E-state index in [1.807, 2.05) is 18.2 Å². The van der Waals surface area contributed by atoms with Gasteiger partial charge >= 0.3 is 6.18 Å². The molecule has 1 aliphatic rings. The molecule has 0 spiro atoms. The Morgan fingerprint density at radius 3 is 2.27 bits per heavy atom. The van der Waals surface area contributed by atoms with E-state index < -0.39 is 11.7 Å². The van der Waals surface area contributed by atoms with Crippen LogP contribution in [0.5, 0.6) is 0 Å². The molecule has 2 aromatic carbocycles. The van der Waals surface area contributed by atoms with E-state index in [0.29, 0.717) is 18.2 Å². The normalized spacial score (nSPS) is 16.2. The number of alkyl halides is 3. The zero-order valence-electron chi connectivity index (χ0n) is 14.8. The van der Waals surface area contributed by atoms with Crippen LogP contribution in [0.25, 0.3) is 0 Å². The summed E-state index contributed by atoms with van der Waals surface area (Å²) in [6, 6.07) is 16.4. The fourth-order valence-electron chi connectivity index (χ4n) is 3.63. The van der Waals surface area contributed by atoms with Crippen molar-refractivity contribution in [3.05, 3.63) is 71.3 Å². The lowest BCUT2D eigenvalue weighted by molar-refractivity contribution is -0.138. The molecule has 1 N–H and O–H groups in total. The molecule has 0 bridgehead atoms. The maximum atomic E-state index is 13.4. The fraction of sp³-hybridized carbons (Fsp3) is 0.429. The molecule has 0 aliphatic carbocycles. The quantitative estimate of drug-likeness (QED) is 0.814. The van der Waals surface area contributed by atoms with Crippen LogP contribution in [0.2, 0.25) is 0 Å². The molecule has 0 saturated carbocycles. The van der Waals surface area contributed by atoms with Gasteiger partial charge in [0.25, 0.3) is 0 Å². The van der Waals surface area contributed by atoms with E-state index in [2.05, 4.69) is 22.3 Å². The molecular formula is C21H25F3N2. The first-order valence-corrected chi connectivity index (χ1v) is 9.18. The van der Waals surface area contributed by atoms with Gasteiger partial charge in [-0.05, 0) is 49.5 Å². The largest absolute Gasteiger partial charge is 0.416 e. The molecule has 140 valence electrons. The molecule has 0 unspecified atom stereocenters. The fourth-order valence-corrected chi connectivity index (χ4v) is 3.63. The third-order valence-electron chi connectivity index (χ3n) is 5.05. The third-order valence-corrected chi connectivity index (χ3v) is 5.05. The van der Waals surface area contributed by atoms with E-state index in [1.54, 1.807) is 12.1 Å². The second kappa shape index (κ2) is 8.69. The second-order valence-electron chi connectivity index (χ2n) is 6.84. The summed E-state index contributed by atoms with van der Waals surface area (Å²) in [5.41, 5.74) is 1.07. The van der Waals surface area contributed by atoms with Crippen LogP contribution in [-0.2, 0) is 19.1 Å². The second-order valence-corrected chi connectivity index (χ2v) is 6.84. The molecule has 5 heteroatoms. The first kappa shape index (κ1) is 18.9.